The predicted molar refractivity (Wildman–Crippen MR) is 94.4 cm³/mol. The Morgan fingerprint density at radius 1 is 1.15 bits per heavy atom. The van der Waals surface area contributed by atoms with Gasteiger partial charge in [0, 0.05) is 12.8 Å². The zero-order valence-electron chi connectivity index (χ0n) is 14.0. The largest absolute Gasteiger partial charge is 0.573 e. The summed E-state index contributed by atoms with van der Waals surface area (Å²) < 4.78 is 41.9. The second-order valence-corrected chi connectivity index (χ2v) is 6.70. The van der Waals surface area contributed by atoms with Crippen molar-refractivity contribution >= 4 is 22.7 Å². The summed E-state index contributed by atoms with van der Waals surface area (Å²) in [5, 5.41) is 1.10. The van der Waals surface area contributed by atoms with E-state index in [2.05, 4.69) is 9.72 Å². The summed E-state index contributed by atoms with van der Waals surface area (Å²) in [6.07, 6.45) is -4.71. The Hall–Kier alpha value is -2.48. The number of aryl methyl sites for hydroxylation is 1. The molecule has 0 atom stereocenters. The van der Waals surface area contributed by atoms with Gasteiger partial charge in [-0.1, -0.05) is 35.5 Å². The Balaban J connectivity index is 1.78. The second-order valence-electron chi connectivity index (χ2n) is 5.76. The average Bonchev–Trinajstić information content (AvgIpc) is 2.57. The van der Waals surface area contributed by atoms with Crippen molar-refractivity contribution in [2.45, 2.75) is 24.2 Å². The van der Waals surface area contributed by atoms with Crippen LogP contribution >= 0.6 is 11.8 Å². The van der Waals surface area contributed by atoms with Gasteiger partial charge in [0.15, 0.2) is 5.16 Å². The van der Waals surface area contributed by atoms with Crippen molar-refractivity contribution in [3.8, 4) is 5.75 Å². The molecule has 0 fully saturated rings. The molecule has 0 radical (unpaired) electrons. The van der Waals surface area contributed by atoms with Gasteiger partial charge in [-0.2, -0.15) is 0 Å². The SMILES string of the molecule is Cc1ccc2nc(SCc3ccc(OC(F)(F)F)cc3)n(C)c(=O)c2c1. The van der Waals surface area contributed by atoms with Gasteiger partial charge in [-0.25, -0.2) is 4.98 Å². The quantitative estimate of drug-likeness (QED) is 0.496. The van der Waals surface area contributed by atoms with E-state index in [0.717, 1.165) is 11.1 Å². The molecule has 0 spiro atoms. The Labute approximate surface area is 151 Å². The predicted octanol–water partition coefficient (Wildman–Crippen LogP) is 4.43. The molecule has 0 N–H and O–H groups in total. The Kier molecular flexibility index (Phi) is 4.95. The van der Waals surface area contributed by atoms with Crippen LogP contribution < -0.4 is 10.3 Å². The number of benzene rings is 2. The highest BCUT2D eigenvalue weighted by molar-refractivity contribution is 7.98. The molecule has 3 aromatic rings. The van der Waals surface area contributed by atoms with Crippen molar-refractivity contribution in [1.82, 2.24) is 9.55 Å². The summed E-state index contributed by atoms with van der Waals surface area (Å²) in [5.74, 6) is 0.196. The lowest BCUT2D eigenvalue weighted by Crippen LogP contribution is -2.20. The van der Waals surface area contributed by atoms with Gasteiger partial charge in [0.2, 0.25) is 0 Å². The first kappa shape index (κ1) is 18.3. The highest BCUT2D eigenvalue weighted by Crippen LogP contribution is 2.26. The lowest BCUT2D eigenvalue weighted by Gasteiger charge is -2.10. The zero-order valence-corrected chi connectivity index (χ0v) is 14.8. The summed E-state index contributed by atoms with van der Waals surface area (Å²) in [5.41, 5.74) is 2.27. The Morgan fingerprint density at radius 2 is 1.85 bits per heavy atom. The maximum atomic E-state index is 12.5. The molecular weight excluding hydrogens is 365 g/mol. The fraction of sp³-hybridized carbons (Fsp3) is 0.222. The summed E-state index contributed by atoms with van der Waals surface area (Å²) in [7, 11) is 1.65. The minimum absolute atomic E-state index is 0.130. The van der Waals surface area contributed by atoms with Crippen LogP contribution in [0.2, 0.25) is 0 Å². The number of alkyl halides is 3. The van der Waals surface area contributed by atoms with Crippen molar-refractivity contribution in [3.05, 3.63) is 63.9 Å². The van der Waals surface area contributed by atoms with Gasteiger partial charge in [-0.15, -0.1) is 13.2 Å². The first-order chi connectivity index (χ1) is 12.2. The number of rotatable bonds is 4. The van der Waals surface area contributed by atoms with Crippen molar-refractivity contribution < 1.29 is 17.9 Å². The smallest absolute Gasteiger partial charge is 0.406 e. The van der Waals surface area contributed by atoms with Crippen LogP contribution in [0.15, 0.2) is 52.4 Å². The number of ether oxygens (including phenoxy) is 1. The molecule has 1 aromatic heterocycles. The number of hydrogen-bond donors (Lipinski definition) is 0. The third kappa shape index (κ3) is 4.19. The number of halogens is 3. The number of fused-ring (bicyclic) bond motifs is 1. The van der Waals surface area contributed by atoms with E-state index < -0.39 is 6.36 Å². The third-order valence-corrected chi connectivity index (χ3v) is 4.82. The first-order valence-electron chi connectivity index (χ1n) is 7.68. The summed E-state index contributed by atoms with van der Waals surface area (Å²) in [6.45, 7) is 1.91. The molecule has 4 nitrogen and oxygen atoms in total. The van der Waals surface area contributed by atoms with Crippen LogP contribution in [0.25, 0.3) is 10.9 Å². The first-order valence-corrected chi connectivity index (χ1v) is 8.66. The van der Waals surface area contributed by atoms with Crippen LogP contribution in [-0.4, -0.2) is 15.9 Å². The van der Waals surface area contributed by atoms with Gasteiger partial charge in [0.25, 0.3) is 5.56 Å². The molecule has 1 heterocycles. The van der Waals surface area contributed by atoms with Crippen LogP contribution in [0.3, 0.4) is 0 Å². The van der Waals surface area contributed by atoms with E-state index in [0.29, 0.717) is 21.8 Å². The molecule has 2 aromatic carbocycles. The summed E-state index contributed by atoms with van der Waals surface area (Å²) >= 11 is 1.34. The molecular formula is C18H15F3N2O2S. The maximum absolute atomic E-state index is 12.5. The minimum Gasteiger partial charge on any atom is -0.406 e. The number of aromatic nitrogens is 2. The normalized spacial score (nSPS) is 11.7. The second kappa shape index (κ2) is 7.03. The Morgan fingerprint density at radius 3 is 2.50 bits per heavy atom. The molecule has 0 amide bonds. The van der Waals surface area contributed by atoms with Crippen LogP contribution in [0, 0.1) is 6.92 Å². The van der Waals surface area contributed by atoms with E-state index >= 15 is 0 Å². The lowest BCUT2D eigenvalue weighted by atomic mass is 10.2. The van der Waals surface area contributed by atoms with Crippen LogP contribution in [0.5, 0.6) is 5.75 Å². The zero-order chi connectivity index (χ0) is 18.9. The third-order valence-electron chi connectivity index (χ3n) is 3.71. The standard InChI is InChI=1S/C18H15F3N2O2S/c1-11-3-8-15-14(9-11)16(24)23(2)17(22-15)26-10-12-4-6-13(7-5-12)25-18(19,20)21/h3-9H,10H2,1-2H3. The van der Waals surface area contributed by atoms with Crippen LogP contribution in [0.1, 0.15) is 11.1 Å². The minimum atomic E-state index is -4.71. The van der Waals surface area contributed by atoms with Crippen LogP contribution in [-0.2, 0) is 12.8 Å². The van der Waals surface area contributed by atoms with Crippen molar-refractivity contribution in [3.63, 3.8) is 0 Å². The number of hydrogen-bond acceptors (Lipinski definition) is 4. The van der Waals surface area contributed by atoms with Gasteiger partial charge in [-0.3, -0.25) is 9.36 Å². The van der Waals surface area contributed by atoms with Crippen molar-refractivity contribution in [1.29, 1.82) is 0 Å². The van der Waals surface area contributed by atoms with Crippen LogP contribution in [0.4, 0.5) is 13.2 Å². The molecule has 136 valence electrons. The molecule has 0 bridgehead atoms. The average molecular weight is 380 g/mol. The maximum Gasteiger partial charge on any atom is 0.573 e. The highest BCUT2D eigenvalue weighted by atomic mass is 32.2. The molecule has 0 aliphatic carbocycles. The summed E-state index contributed by atoms with van der Waals surface area (Å²) in [4.78, 5) is 17.0. The topological polar surface area (TPSA) is 44.1 Å². The molecule has 0 aliphatic heterocycles. The van der Waals surface area contributed by atoms with Gasteiger partial charge in [0.1, 0.15) is 5.75 Å². The summed E-state index contributed by atoms with van der Waals surface area (Å²) in [6, 6.07) is 11.1. The molecule has 0 saturated carbocycles. The van der Waals surface area contributed by atoms with E-state index in [4.69, 9.17) is 0 Å². The van der Waals surface area contributed by atoms with Gasteiger partial charge in [-0.05, 0) is 36.8 Å². The van der Waals surface area contributed by atoms with Gasteiger partial charge in [0.05, 0.1) is 10.9 Å². The molecule has 8 heteroatoms. The van der Waals surface area contributed by atoms with E-state index in [1.807, 2.05) is 13.0 Å². The lowest BCUT2D eigenvalue weighted by molar-refractivity contribution is -0.274. The van der Waals surface area contributed by atoms with E-state index in [9.17, 15) is 18.0 Å². The van der Waals surface area contributed by atoms with Gasteiger partial charge >= 0.3 is 6.36 Å². The fourth-order valence-electron chi connectivity index (χ4n) is 2.43. The molecule has 3 rings (SSSR count). The fourth-order valence-corrected chi connectivity index (χ4v) is 3.36. The number of thioether (sulfide) groups is 1. The monoisotopic (exact) mass is 380 g/mol. The van der Waals surface area contributed by atoms with E-state index in [1.54, 1.807) is 31.3 Å². The Bertz CT molecular complexity index is 998. The van der Waals surface area contributed by atoms with E-state index in [-0.39, 0.29) is 11.3 Å². The van der Waals surface area contributed by atoms with Crippen molar-refractivity contribution in [2.75, 3.05) is 0 Å². The molecule has 0 unspecified atom stereocenters. The molecule has 0 saturated heterocycles. The van der Waals surface area contributed by atoms with Crippen molar-refractivity contribution in [2.24, 2.45) is 7.05 Å². The highest BCUT2D eigenvalue weighted by Gasteiger charge is 2.30. The van der Waals surface area contributed by atoms with E-state index in [1.165, 1.54) is 28.5 Å². The molecule has 26 heavy (non-hydrogen) atoms. The van der Waals surface area contributed by atoms with Gasteiger partial charge < -0.3 is 4.74 Å². The number of nitrogens with zero attached hydrogens (tertiary/aromatic N) is 2. The molecule has 0 aliphatic rings.